The quantitative estimate of drug-likeness (QED) is 0.670. The summed E-state index contributed by atoms with van der Waals surface area (Å²) in [6.45, 7) is 4.11. The highest BCUT2D eigenvalue weighted by atomic mass is 16.3. The molecule has 0 heterocycles. The van der Waals surface area contributed by atoms with E-state index in [1.54, 1.807) is 24.3 Å². The molecule has 0 unspecified atom stereocenters. The summed E-state index contributed by atoms with van der Waals surface area (Å²) in [5.74, 6) is -0.778. The fourth-order valence-electron chi connectivity index (χ4n) is 3.46. The second-order valence-electron chi connectivity index (χ2n) is 6.20. The van der Waals surface area contributed by atoms with Gasteiger partial charge in [0.25, 0.3) is 0 Å². The predicted molar refractivity (Wildman–Crippen MR) is 85.7 cm³/mol. The summed E-state index contributed by atoms with van der Waals surface area (Å²) in [6.07, 6.45) is 6.10. The molecule has 2 aliphatic carbocycles. The number of allylic oxidation sites excluding steroid dienone is 2. The maximum Gasteiger partial charge on any atom is 0.234 e. The number of benzene rings is 1. The Morgan fingerprint density at radius 3 is 2.36 bits per heavy atom. The maximum absolute atomic E-state index is 12.3. The van der Waals surface area contributed by atoms with Gasteiger partial charge in [-0.1, -0.05) is 55.7 Å². The van der Waals surface area contributed by atoms with Crippen LogP contribution in [0.1, 0.15) is 54.4 Å². The molecule has 3 heteroatoms. The van der Waals surface area contributed by atoms with Crippen LogP contribution in [0.25, 0.3) is 5.76 Å². The summed E-state index contributed by atoms with van der Waals surface area (Å²) in [5, 5.41) is 10.4. The fraction of sp³-hybridized carbons (Fsp3) is 0.368. The molecule has 22 heavy (non-hydrogen) atoms. The monoisotopic (exact) mass is 296 g/mol. The Balaban J connectivity index is 1.90. The fourth-order valence-corrected chi connectivity index (χ4v) is 3.46. The molecule has 2 aliphatic rings. The maximum atomic E-state index is 12.3. The number of Topliss-reactive ketones (excluding diaryl/α,β-unsaturated/α-hetero) is 2. The highest BCUT2D eigenvalue weighted by Crippen LogP contribution is 2.36. The lowest BCUT2D eigenvalue weighted by Crippen LogP contribution is -2.25. The molecule has 0 amide bonds. The van der Waals surface area contributed by atoms with Crippen molar-refractivity contribution in [1.29, 1.82) is 0 Å². The number of aliphatic hydroxyl groups is 1. The van der Waals surface area contributed by atoms with Crippen LogP contribution in [0.5, 0.6) is 0 Å². The first-order chi connectivity index (χ1) is 10.6. The Kier molecular flexibility index (Phi) is 3.97. The Morgan fingerprint density at radius 1 is 1.05 bits per heavy atom. The van der Waals surface area contributed by atoms with Crippen LogP contribution in [0.3, 0.4) is 0 Å². The van der Waals surface area contributed by atoms with E-state index in [0.717, 1.165) is 18.4 Å². The van der Waals surface area contributed by atoms with Gasteiger partial charge in [-0.15, -0.1) is 0 Å². The van der Waals surface area contributed by atoms with E-state index in [2.05, 4.69) is 6.58 Å². The van der Waals surface area contributed by atoms with Crippen molar-refractivity contribution < 1.29 is 14.7 Å². The van der Waals surface area contributed by atoms with Gasteiger partial charge in [0.2, 0.25) is 11.6 Å². The third-order valence-electron chi connectivity index (χ3n) is 4.78. The van der Waals surface area contributed by atoms with Gasteiger partial charge < -0.3 is 5.11 Å². The predicted octanol–water partition coefficient (Wildman–Crippen LogP) is 4.25. The average molecular weight is 296 g/mol. The van der Waals surface area contributed by atoms with Crippen molar-refractivity contribution in [3.63, 3.8) is 0 Å². The molecule has 1 aromatic rings. The minimum Gasteiger partial charge on any atom is -0.507 e. The molecule has 1 aromatic carbocycles. The van der Waals surface area contributed by atoms with Gasteiger partial charge in [0.1, 0.15) is 5.76 Å². The lowest BCUT2D eigenvalue weighted by molar-refractivity contribution is -0.112. The summed E-state index contributed by atoms with van der Waals surface area (Å²) in [6, 6.07) is 6.71. The van der Waals surface area contributed by atoms with Crippen LogP contribution in [0.2, 0.25) is 0 Å². The number of carbonyl (C=O) groups excluding carboxylic acids is 2. The van der Waals surface area contributed by atoms with Crippen LogP contribution in [0.15, 0.2) is 42.0 Å². The van der Waals surface area contributed by atoms with E-state index in [1.165, 1.54) is 19.3 Å². The first kappa shape index (κ1) is 14.8. The Bertz CT molecular complexity index is 676. The molecule has 0 spiro atoms. The number of rotatable bonds is 3. The number of fused-ring (bicyclic) bond motifs is 1. The van der Waals surface area contributed by atoms with Gasteiger partial charge in [-0.2, -0.15) is 0 Å². The van der Waals surface area contributed by atoms with E-state index in [4.69, 9.17) is 0 Å². The van der Waals surface area contributed by atoms with Crippen molar-refractivity contribution in [1.82, 2.24) is 0 Å². The topological polar surface area (TPSA) is 54.4 Å². The Morgan fingerprint density at radius 2 is 1.68 bits per heavy atom. The van der Waals surface area contributed by atoms with E-state index >= 15 is 0 Å². The zero-order valence-electron chi connectivity index (χ0n) is 12.6. The van der Waals surface area contributed by atoms with E-state index < -0.39 is 11.6 Å². The van der Waals surface area contributed by atoms with Crippen molar-refractivity contribution in [2.45, 2.75) is 38.5 Å². The van der Waals surface area contributed by atoms with Gasteiger partial charge in [0, 0.05) is 17.5 Å². The minimum absolute atomic E-state index is 0.0582. The van der Waals surface area contributed by atoms with Gasteiger partial charge in [-0.3, -0.25) is 9.59 Å². The molecule has 0 saturated heterocycles. The van der Waals surface area contributed by atoms with Gasteiger partial charge in [-0.25, -0.2) is 0 Å². The van der Waals surface area contributed by atoms with Crippen LogP contribution in [0.4, 0.5) is 0 Å². The third-order valence-corrected chi connectivity index (χ3v) is 4.78. The Labute approximate surface area is 130 Å². The zero-order valence-corrected chi connectivity index (χ0v) is 12.6. The van der Waals surface area contributed by atoms with Gasteiger partial charge >= 0.3 is 0 Å². The number of carbonyl (C=O) groups is 2. The SMILES string of the molecule is C=C(CC1=C(O)c2ccccc2C(=O)C1=O)C1CCCCC1. The first-order valence-corrected chi connectivity index (χ1v) is 7.88. The molecular weight excluding hydrogens is 276 g/mol. The molecular formula is C19H20O3. The lowest BCUT2D eigenvalue weighted by atomic mass is 9.79. The Hall–Kier alpha value is -2.16. The molecule has 114 valence electrons. The third kappa shape index (κ3) is 2.52. The summed E-state index contributed by atoms with van der Waals surface area (Å²) >= 11 is 0. The van der Waals surface area contributed by atoms with Gasteiger partial charge in [0.15, 0.2) is 0 Å². The second-order valence-corrected chi connectivity index (χ2v) is 6.20. The number of hydrogen-bond acceptors (Lipinski definition) is 3. The van der Waals surface area contributed by atoms with Crippen molar-refractivity contribution in [2.75, 3.05) is 0 Å². The second kappa shape index (κ2) is 5.91. The summed E-state index contributed by atoms with van der Waals surface area (Å²) in [5.41, 5.74) is 1.91. The normalized spacial score (nSPS) is 19.3. The van der Waals surface area contributed by atoms with Gasteiger partial charge in [-0.05, 0) is 18.8 Å². The number of aliphatic hydroxyl groups excluding tert-OH is 1. The van der Waals surface area contributed by atoms with Crippen LogP contribution < -0.4 is 0 Å². The van der Waals surface area contributed by atoms with E-state index in [9.17, 15) is 14.7 Å². The van der Waals surface area contributed by atoms with Crippen LogP contribution >= 0.6 is 0 Å². The highest BCUT2D eigenvalue weighted by Gasteiger charge is 2.33. The molecule has 0 bridgehead atoms. The smallest absolute Gasteiger partial charge is 0.234 e. The summed E-state index contributed by atoms with van der Waals surface area (Å²) < 4.78 is 0. The zero-order chi connectivity index (χ0) is 15.7. The standard InChI is InChI=1S/C19H20O3/c1-12(13-7-3-2-4-8-13)11-16-17(20)14-9-5-6-10-15(14)18(21)19(16)22/h5-6,9-10,13,20H,1-4,7-8,11H2. The van der Waals surface area contributed by atoms with Crippen molar-refractivity contribution in [2.24, 2.45) is 5.92 Å². The van der Waals surface area contributed by atoms with Crippen LogP contribution in [-0.2, 0) is 4.79 Å². The van der Waals surface area contributed by atoms with Gasteiger partial charge in [0.05, 0.1) is 5.57 Å². The van der Waals surface area contributed by atoms with Crippen molar-refractivity contribution in [3.8, 4) is 0 Å². The largest absolute Gasteiger partial charge is 0.507 e. The lowest BCUT2D eigenvalue weighted by Gasteiger charge is -2.25. The molecule has 1 saturated carbocycles. The highest BCUT2D eigenvalue weighted by molar-refractivity contribution is 6.52. The molecule has 3 nitrogen and oxygen atoms in total. The summed E-state index contributed by atoms with van der Waals surface area (Å²) in [7, 11) is 0. The van der Waals surface area contributed by atoms with Crippen LogP contribution in [-0.4, -0.2) is 16.7 Å². The molecule has 0 radical (unpaired) electrons. The number of ketones is 2. The molecule has 1 fully saturated rings. The van der Waals surface area contributed by atoms with Crippen molar-refractivity contribution in [3.05, 3.63) is 53.1 Å². The molecule has 1 N–H and O–H groups in total. The van der Waals surface area contributed by atoms with E-state index in [0.29, 0.717) is 17.9 Å². The summed E-state index contributed by atoms with van der Waals surface area (Å²) in [4.78, 5) is 24.5. The van der Waals surface area contributed by atoms with E-state index in [1.807, 2.05) is 0 Å². The van der Waals surface area contributed by atoms with Crippen LogP contribution in [0, 0.1) is 5.92 Å². The molecule has 0 atom stereocenters. The van der Waals surface area contributed by atoms with E-state index in [-0.39, 0.29) is 16.9 Å². The number of hydrogen-bond donors (Lipinski definition) is 1. The average Bonchev–Trinajstić information content (AvgIpc) is 2.57. The first-order valence-electron chi connectivity index (χ1n) is 7.88. The molecule has 3 rings (SSSR count). The molecule has 0 aliphatic heterocycles. The van der Waals surface area contributed by atoms with Crippen molar-refractivity contribution >= 4 is 17.3 Å². The molecule has 0 aromatic heterocycles. The minimum atomic E-state index is -0.590.